The molecular weight excluding hydrogens is 424 g/mol. The van der Waals surface area contributed by atoms with E-state index in [4.69, 9.17) is 14.2 Å². The molecular formula is C26H28O5S. The van der Waals surface area contributed by atoms with Gasteiger partial charge in [-0.1, -0.05) is 90.6 Å². The minimum absolute atomic E-state index is 0.302. The molecule has 32 heavy (non-hydrogen) atoms. The third-order valence-corrected chi connectivity index (χ3v) is 6.52. The van der Waals surface area contributed by atoms with Gasteiger partial charge >= 0.3 is 0 Å². The Bertz CT molecular complexity index is 925. The largest absolute Gasteiger partial charge is 0.394 e. The van der Waals surface area contributed by atoms with Gasteiger partial charge in [0.1, 0.15) is 29.9 Å². The fourth-order valence-corrected chi connectivity index (χ4v) is 4.82. The Hall–Kier alpha value is -2.19. The van der Waals surface area contributed by atoms with Crippen molar-refractivity contribution in [3.05, 3.63) is 102 Å². The summed E-state index contributed by atoms with van der Waals surface area (Å²) in [5.41, 5.74) is 1.57. The lowest BCUT2D eigenvalue weighted by Crippen LogP contribution is -2.59. The minimum atomic E-state index is -1.02. The van der Waals surface area contributed by atoms with Crippen LogP contribution in [-0.2, 0) is 27.4 Å². The first-order chi connectivity index (χ1) is 15.7. The number of aliphatic hydroxyl groups excluding tert-OH is 2. The van der Waals surface area contributed by atoms with Gasteiger partial charge in [-0.25, -0.2) is 0 Å². The molecule has 6 heteroatoms. The number of aliphatic hydroxyl groups is 2. The van der Waals surface area contributed by atoms with Gasteiger partial charge in [0.15, 0.2) is 0 Å². The van der Waals surface area contributed by atoms with E-state index in [1.807, 2.05) is 91.0 Å². The monoisotopic (exact) mass is 452 g/mol. The molecule has 2 N–H and O–H groups in total. The molecule has 0 saturated carbocycles. The summed E-state index contributed by atoms with van der Waals surface area (Å²) in [4.78, 5) is 1.01. The van der Waals surface area contributed by atoms with Crippen molar-refractivity contribution in [2.75, 3.05) is 6.61 Å². The Balaban J connectivity index is 1.56. The zero-order valence-corrected chi connectivity index (χ0v) is 18.5. The van der Waals surface area contributed by atoms with Gasteiger partial charge in [-0.05, 0) is 23.3 Å². The van der Waals surface area contributed by atoms with Gasteiger partial charge in [-0.3, -0.25) is 0 Å². The zero-order valence-electron chi connectivity index (χ0n) is 17.7. The molecule has 1 aliphatic rings. The molecule has 5 nitrogen and oxygen atoms in total. The summed E-state index contributed by atoms with van der Waals surface area (Å²) in [6.07, 6.45) is -2.97. The molecule has 0 aliphatic carbocycles. The first-order valence-corrected chi connectivity index (χ1v) is 11.6. The van der Waals surface area contributed by atoms with E-state index in [1.54, 1.807) is 0 Å². The van der Waals surface area contributed by atoms with Crippen LogP contribution in [0.25, 0.3) is 0 Å². The van der Waals surface area contributed by atoms with Crippen LogP contribution in [0.1, 0.15) is 11.1 Å². The second kappa shape index (κ2) is 11.6. The van der Waals surface area contributed by atoms with Crippen LogP contribution in [0.5, 0.6) is 0 Å². The Morgan fingerprint density at radius 2 is 1.22 bits per heavy atom. The van der Waals surface area contributed by atoms with E-state index >= 15 is 0 Å². The van der Waals surface area contributed by atoms with E-state index in [-0.39, 0.29) is 6.61 Å². The number of benzene rings is 3. The number of hydrogen-bond acceptors (Lipinski definition) is 6. The molecule has 5 atom stereocenters. The standard InChI is InChI=1S/C26H28O5S/c27-16-22-23(28)24(29-17-19-10-4-1-5-11-19)25(30-18-20-12-6-2-7-13-20)26(31-22)32-21-14-8-3-9-15-21/h1-15,22-28H,16-18H2/t22?,23-,24-,25?,26-/m1/s1. The van der Waals surface area contributed by atoms with Gasteiger partial charge in [0.25, 0.3) is 0 Å². The van der Waals surface area contributed by atoms with Crippen LogP contribution in [0.3, 0.4) is 0 Å². The Morgan fingerprint density at radius 3 is 1.75 bits per heavy atom. The molecule has 3 aromatic rings. The first kappa shape index (κ1) is 23.0. The maximum Gasteiger partial charge on any atom is 0.137 e. The number of thioether (sulfide) groups is 1. The third kappa shape index (κ3) is 5.98. The molecule has 0 radical (unpaired) electrons. The van der Waals surface area contributed by atoms with Crippen molar-refractivity contribution < 1.29 is 24.4 Å². The van der Waals surface area contributed by atoms with Gasteiger partial charge in [0.2, 0.25) is 0 Å². The number of hydrogen-bond donors (Lipinski definition) is 2. The molecule has 1 heterocycles. The van der Waals surface area contributed by atoms with E-state index in [0.717, 1.165) is 16.0 Å². The van der Waals surface area contributed by atoms with Gasteiger partial charge in [-0.15, -0.1) is 0 Å². The summed E-state index contributed by atoms with van der Waals surface area (Å²) in [7, 11) is 0. The van der Waals surface area contributed by atoms with Crippen molar-refractivity contribution in [2.45, 2.75) is 48.0 Å². The van der Waals surface area contributed by atoms with E-state index < -0.39 is 29.9 Å². The van der Waals surface area contributed by atoms with Crippen LogP contribution in [0.15, 0.2) is 95.9 Å². The Labute approximate surface area is 193 Å². The molecule has 0 spiro atoms. The summed E-state index contributed by atoms with van der Waals surface area (Å²) >= 11 is 1.50. The van der Waals surface area contributed by atoms with Crippen LogP contribution in [-0.4, -0.2) is 46.7 Å². The van der Waals surface area contributed by atoms with Gasteiger partial charge in [0, 0.05) is 4.90 Å². The summed E-state index contributed by atoms with van der Waals surface area (Å²) in [5, 5.41) is 20.8. The van der Waals surface area contributed by atoms with Crippen LogP contribution < -0.4 is 0 Å². The lowest BCUT2D eigenvalue weighted by Gasteiger charge is -2.43. The summed E-state index contributed by atoms with van der Waals surface area (Å²) in [6.45, 7) is 0.390. The molecule has 4 rings (SSSR count). The zero-order chi connectivity index (χ0) is 22.2. The molecule has 1 aliphatic heterocycles. The van der Waals surface area contributed by atoms with E-state index in [9.17, 15) is 10.2 Å². The normalized spacial score (nSPS) is 25.5. The quantitative estimate of drug-likeness (QED) is 0.511. The predicted molar refractivity (Wildman–Crippen MR) is 124 cm³/mol. The molecule has 0 amide bonds. The topological polar surface area (TPSA) is 68.2 Å². The third-order valence-electron chi connectivity index (χ3n) is 5.36. The molecule has 168 valence electrons. The molecule has 1 fully saturated rings. The van der Waals surface area contributed by atoms with Crippen LogP contribution in [0.2, 0.25) is 0 Å². The van der Waals surface area contributed by atoms with Crippen molar-refractivity contribution in [2.24, 2.45) is 0 Å². The Kier molecular flexibility index (Phi) is 8.34. The number of ether oxygens (including phenoxy) is 3. The summed E-state index contributed by atoms with van der Waals surface area (Å²) in [6, 6.07) is 29.6. The number of rotatable bonds is 9. The van der Waals surface area contributed by atoms with Crippen molar-refractivity contribution in [1.82, 2.24) is 0 Å². The molecule has 1 saturated heterocycles. The van der Waals surface area contributed by atoms with E-state index in [0.29, 0.717) is 13.2 Å². The maximum absolute atomic E-state index is 11.0. The highest BCUT2D eigenvalue weighted by Gasteiger charge is 2.47. The molecule has 2 unspecified atom stereocenters. The van der Waals surface area contributed by atoms with E-state index in [1.165, 1.54) is 11.8 Å². The first-order valence-electron chi connectivity index (χ1n) is 10.7. The van der Waals surface area contributed by atoms with Crippen molar-refractivity contribution in [3.63, 3.8) is 0 Å². The fourth-order valence-electron chi connectivity index (χ4n) is 3.67. The van der Waals surface area contributed by atoms with Gasteiger partial charge in [0.05, 0.1) is 19.8 Å². The maximum atomic E-state index is 11.0. The predicted octanol–water partition coefficient (Wildman–Crippen LogP) is 4.03. The van der Waals surface area contributed by atoms with Gasteiger partial charge < -0.3 is 24.4 Å². The molecule has 3 aromatic carbocycles. The lowest BCUT2D eigenvalue weighted by atomic mass is 9.99. The second-order valence-corrected chi connectivity index (χ2v) is 8.84. The molecule has 0 aromatic heterocycles. The SMILES string of the molecule is OCC1O[C@H](Sc2ccccc2)C(OCc2ccccc2)[C@H](OCc2ccccc2)[C@@H]1O. The molecule has 0 bridgehead atoms. The summed E-state index contributed by atoms with van der Waals surface area (Å²) in [5.74, 6) is 0. The second-order valence-electron chi connectivity index (χ2n) is 7.67. The van der Waals surface area contributed by atoms with Crippen molar-refractivity contribution in [1.29, 1.82) is 0 Å². The van der Waals surface area contributed by atoms with Crippen LogP contribution in [0.4, 0.5) is 0 Å². The van der Waals surface area contributed by atoms with Gasteiger partial charge in [-0.2, -0.15) is 0 Å². The lowest BCUT2D eigenvalue weighted by molar-refractivity contribution is -0.237. The fraction of sp³-hybridized carbons (Fsp3) is 0.308. The van der Waals surface area contributed by atoms with E-state index in [2.05, 4.69) is 0 Å². The average Bonchev–Trinajstić information content (AvgIpc) is 2.85. The highest BCUT2D eigenvalue weighted by atomic mass is 32.2. The highest BCUT2D eigenvalue weighted by Crippen LogP contribution is 2.36. The minimum Gasteiger partial charge on any atom is -0.394 e. The van der Waals surface area contributed by atoms with Crippen molar-refractivity contribution in [3.8, 4) is 0 Å². The highest BCUT2D eigenvalue weighted by molar-refractivity contribution is 7.99. The Morgan fingerprint density at radius 1 is 0.719 bits per heavy atom. The van der Waals surface area contributed by atoms with Crippen LogP contribution in [0, 0.1) is 0 Å². The van der Waals surface area contributed by atoms with Crippen LogP contribution >= 0.6 is 11.8 Å². The average molecular weight is 453 g/mol. The summed E-state index contributed by atoms with van der Waals surface area (Å²) < 4.78 is 18.6. The van der Waals surface area contributed by atoms with Crippen molar-refractivity contribution >= 4 is 11.8 Å². The smallest absolute Gasteiger partial charge is 0.137 e.